The van der Waals surface area contributed by atoms with E-state index in [2.05, 4.69) is 200 Å². The lowest BCUT2D eigenvalue weighted by Gasteiger charge is -2.46. The highest BCUT2D eigenvalue weighted by Gasteiger charge is 2.41. The van der Waals surface area contributed by atoms with Gasteiger partial charge in [0, 0.05) is 50.1 Å². The van der Waals surface area contributed by atoms with E-state index in [4.69, 9.17) is 4.42 Å². The average Bonchev–Trinajstić information content (AvgIpc) is 3.60. The first kappa shape index (κ1) is 31.7. The molecule has 0 saturated heterocycles. The topological polar surface area (TPSA) is 28.4 Å². The molecule has 11 rings (SSSR count). The number of fused-ring (bicyclic) bond motifs is 7. The molecule has 2 aliphatic heterocycles. The zero-order valence-electron chi connectivity index (χ0n) is 30.8. The Labute approximate surface area is 321 Å². The van der Waals surface area contributed by atoms with Gasteiger partial charge in [-0.25, -0.2) is 0 Å². The van der Waals surface area contributed by atoms with E-state index in [-0.39, 0.29) is 5.41 Å². The predicted molar refractivity (Wildman–Crippen MR) is 233 cm³/mol. The molecule has 260 valence electrons. The fourth-order valence-electron chi connectivity index (χ4n) is 9.21. The minimum atomic E-state index is -0.130. The average molecular weight is 705 g/mol. The number of rotatable bonds is 5. The molecule has 3 nitrogen and oxygen atoms in total. The molecule has 1 N–H and O–H groups in total. The van der Waals surface area contributed by atoms with Gasteiger partial charge in [-0.05, 0) is 81.3 Å². The van der Waals surface area contributed by atoms with Crippen LogP contribution in [0.1, 0.15) is 25.0 Å². The van der Waals surface area contributed by atoms with Crippen molar-refractivity contribution in [2.75, 3.05) is 10.2 Å². The third-order valence-corrected chi connectivity index (χ3v) is 11.8. The van der Waals surface area contributed by atoms with Crippen LogP contribution >= 0.6 is 0 Å². The molecule has 0 fully saturated rings. The highest BCUT2D eigenvalue weighted by Crippen LogP contribution is 2.53. The molecule has 55 heavy (non-hydrogen) atoms. The Hall–Kier alpha value is -6.78. The molecule has 1 aromatic heterocycles. The molecular weight excluding hydrogens is 667 g/mol. The summed E-state index contributed by atoms with van der Waals surface area (Å²) in [5.41, 5.74) is 19.7. The Bertz CT molecular complexity index is 2910. The predicted octanol–water partition coefficient (Wildman–Crippen LogP) is 12.1. The van der Waals surface area contributed by atoms with E-state index < -0.39 is 0 Å². The van der Waals surface area contributed by atoms with Gasteiger partial charge < -0.3 is 14.6 Å². The monoisotopic (exact) mass is 704 g/mol. The smallest absolute Gasteiger partial charge is 0.198 e. The number of anilines is 5. The Morgan fingerprint density at radius 2 is 1.20 bits per heavy atom. The third kappa shape index (κ3) is 4.91. The molecule has 9 aromatic rings. The van der Waals surface area contributed by atoms with E-state index in [0.717, 1.165) is 62.8 Å². The van der Waals surface area contributed by atoms with Crippen LogP contribution in [0.15, 0.2) is 180 Å². The van der Waals surface area contributed by atoms with Crippen molar-refractivity contribution in [3.8, 4) is 33.4 Å². The Morgan fingerprint density at radius 1 is 0.545 bits per heavy atom. The van der Waals surface area contributed by atoms with Gasteiger partial charge in [-0.1, -0.05) is 153 Å². The number of hydrogen-bond acceptors (Lipinski definition) is 3. The van der Waals surface area contributed by atoms with Crippen molar-refractivity contribution in [3.63, 3.8) is 0 Å². The van der Waals surface area contributed by atoms with Crippen molar-refractivity contribution in [1.82, 2.24) is 0 Å². The van der Waals surface area contributed by atoms with Gasteiger partial charge in [-0.15, -0.1) is 0 Å². The first-order valence-corrected chi connectivity index (χ1v) is 19.1. The fraction of sp³-hybridized carbons (Fsp3) is 0.0588. The molecule has 2 aliphatic rings. The number of para-hydroxylation sites is 4. The molecule has 0 aliphatic carbocycles. The summed E-state index contributed by atoms with van der Waals surface area (Å²) in [7, 11) is 0.797. The van der Waals surface area contributed by atoms with Crippen molar-refractivity contribution in [1.29, 1.82) is 0 Å². The van der Waals surface area contributed by atoms with Gasteiger partial charge in [0.2, 0.25) is 0 Å². The zero-order chi connectivity index (χ0) is 36.7. The first-order chi connectivity index (χ1) is 27.0. The Kier molecular flexibility index (Phi) is 6.99. The van der Waals surface area contributed by atoms with Crippen LogP contribution in [0.5, 0.6) is 0 Å². The van der Waals surface area contributed by atoms with Crippen LogP contribution in [-0.4, -0.2) is 7.28 Å². The number of hydrogen-bond donors (Lipinski definition) is 1. The van der Waals surface area contributed by atoms with Gasteiger partial charge in [-0.2, -0.15) is 0 Å². The van der Waals surface area contributed by atoms with E-state index >= 15 is 0 Å². The van der Waals surface area contributed by atoms with Gasteiger partial charge in [0.15, 0.2) is 7.28 Å². The lowest BCUT2D eigenvalue weighted by atomic mass is 9.55. The van der Waals surface area contributed by atoms with Crippen LogP contribution in [0.2, 0.25) is 0 Å². The summed E-state index contributed by atoms with van der Waals surface area (Å²) >= 11 is 0. The van der Waals surface area contributed by atoms with Gasteiger partial charge in [0.05, 0.1) is 5.69 Å². The minimum Gasteiger partial charge on any atom is -0.455 e. The standard InChI is InChI=1S/C51H37BN2O/c1-51(2)40-22-11-13-26-44(40)54-45-31-39-37-20-10-14-27-46(37)55-50(39)47(48(45)52-42-24-15-23-41(51)49(42)54)38-21-9-12-25-43(38)53-36-29-34(32-16-5-3-6-17-32)28-35(30-36)33-18-7-4-8-19-33/h3-31,52-53H,1-2H3. The quantitative estimate of drug-likeness (QED) is 0.181. The van der Waals surface area contributed by atoms with Gasteiger partial charge in [-0.3, -0.25) is 0 Å². The molecular formula is C51H37BN2O. The summed E-state index contributed by atoms with van der Waals surface area (Å²) in [4.78, 5) is 2.54. The molecule has 0 atom stereocenters. The summed E-state index contributed by atoms with van der Waals surface area (Å²) in [6, 6.07) is 63.5. The Balaban J connectivity index is 1.16. The largest absolute Gasteiger partial charge is 0.455 e. The van der Waals surface area contributed by atoms with Crippen molar-refractivity contribution in [3.05, 3.63) is 187 Å². The molecule has 3 heterocycles. The lowest BCUT2D eigenvalue weighted by molar-refractivity contribution is 0.632. The zero-order valence-corrected chi connectivity index (χ0v) is 30.8. The molecule has 0 spiro atoms. The van der Waals surface area contributed by atoms with E-state index in [1.165, 1.54) is 50.2 Å². The number of nitrogens with one attached hydrogen (secondary N) is 1. The molecule has 0 amide bonds. The second-order valence-electron chi connectivity index (χ2n) is 15.4. The van der Waals surface area contributed by atoms with Gasteiger partial charge >= 0.3 is 0 Å². The fourth-order valence-corrected chi connectivity index (χ4v) is 9.21. The number of furan rings is 1. The second kappa shape index (κ2) is 12.1. The van der Waals surface area contributed by atoms with Crippen molar-refractivity contribution in [2.24, 2.45) is 0 Å². The van der Waals surface area contributed by atoms with Crippen molar-refractivity contribution < 1.29 is 4.42 Å². The van der Waals surface area contributed by atoms with Crippen LogP contribution in [0.4, 0.5) is 28.4 Å². The third-order valence-electron chi connectivity index (χ3n) is 11.8. The Morgan fingerprint density at radius 3 is 1.98 bits per heavy atom. The van der Waals surface area contributed by atoms with E-state index in [1.54, 1.807) is 0 Å². The maximum atomic E-state index is 6.91. The van der Waals surface area contributed by atoms with Crippen LogP contribution in [-0.2, 0) is 5.41 Å². The SMILES string of the molecule is CC1(C)c2ccccc2N2c3cc4c(oc5ccccc54)c(-c4ccccc4Nc4cc(-c5ccccc5)cc(-c5ccccc5)c4)c3Bc3cccc1c32. The summed E-state index contributed by atoms with van der Waals surface area (Å²) in [5, 5.41) is 6.18. The molecule has 0 radical (unpaired) electrons. The number of nitrogens with zero attached hydrogens (tertiary/aromatic N) is 1. The second-order valence-corrected chi connectivity index (χ2v) is 15.4. The first-order valence-electron chi connectivity index (χ1n) is 19.1. The molecule has 4 heteroatoms. The van der Waals surface area contributed by atoms with Crippen LogP contribution in [0, 0.1) is 0 Å². The lowest BCUT2D eigenvalue weighted by Crippen LogP contribution is -2.45. The highest BCUT2D eigenvalue weighted by atomic mass is 16.3. The normalized spacial score (nSPS) is 13.5. The van der Waals surface area contributed by atoms with Gasteiger partial charge in [0.25, 0.3) is 0 Å². The number of benzene rings is 8. The summed E-state index contributed by atoms with van der Waals surface area (Å²) < 4.78 is 6.91. The van der Waals surface area contributed by atoms with E-state index in [9.17, 15) is 0 Å². The van der Waals surface area contributed by atoms with Crippen LogP contribution in [0.3, 0.4) is 0 Å². The maximum Gasteiger partial charge on any atom is 0.198 e. The molecule has 8 aromatic carbocycles. The summed E-state index contributed by atoms with van der Waals surface area (Å²) in [5.74, 6) is 0. The van der Waals surface area contributed by atoms with Crippen molar-refractivity contribution in [2.45, 2.75) is 19.3 Å². The van der Waals surface area contributed by atoms with Crippen molar-refractivity contribution >= 4 is 68.6 Å². The van der Waals surface area contributed by atoms with Crippen LogP contribution < -0.4 is 21.1 Å². The highest BCUT2D eigenvalue weighted by molar-refractivity contribution is 6.74. The molecule has 0 bridgehead atoms. The minimum absolute atomic E-state index is 0.130. The molecule has 0 unspecified atom stereocenters. The van der Waals surface area contributed by atoms with Crippen LogP contribution in [0.25, 0.3) is 55.3 Å². The maximum absolute atomic E-state index is 6.91. The summed E-state index contributed by atoms with van der Waals surface area (Å²) in [6.45, 7) is 4.73. The molecule has 0 saturated carbocycles. The van der Waals surface area contributed by atoms with E-state index in [0.29, 0.717) is 0 Å². The summed E-state index contributed by atoms with van der Waals surface area (Å²) in [6.07, 6.45) is 0. The van der Waals surface area contributed by atoms with E-state index in [1.807, 2.05) is 0 Å². The van der Waals surface area contributed by atoms with Gasteiger partial charge in [0.1, 0.15) is 11.2 Å².